The Labute approximate surface area is 138 Å². The third kappa shape index (κ3) is 2.75. The number of benzene rings is 1. The van der Waals surface area contributed by atoms with Crippen LogP contribution in [0.2, 0.25) is 0 Å². The Morgan fingerprint density at radius 1 is 1.25 bits per heavy atom. The molecule has 0 amide bonds. The van der Waals surface area contributed by atoms with Gasteiger partial charge in [-0.05, 0) is 18.9 Å². The van der Waals surface area contributed by atoms with Gasteiger partial charge in [-0.3, -0.25) is 0 Å². The molecule has 1 saturated heterocycles. The van der Waals surface area contributed by atoms with Gasteiger partial charge in [-0.15, -0.1) is 0 Å². The highest BCUT2D eigenvalue weighted by Gasteiger charge is 2.27. The van der Waals surface area contributed by atoms with E-state index in [1.165, 1.54) is 12.1 Å². The monoisotopic (exact) mass is 331 g/mol. The van der Waals surface area contributed by atoms with Crippen LogP contribution >= 0.6 is 0 Å². The fraction of sp³-hybridized carbons (Fsp3) is 0.412. The summed E-state index contributed by atoms with van der Waals surface area (Å²) < 4.78 is 21.4. The third-order valence-electron chi connectivity index (χ3n) is 4.52. The molecule has 1 aliphatic carbocycles. The minimum atomic E-state index is -1.27. The molecular formula is C17H18FN3O3. The van der Waals surface area contributed by atoms with Crippen molar-refractivity contribution in [3.05, 3.63) is 41.7 Å². The lowest BCUT2D eigenvalue weighted by Crippen LogP contribution is -2.37. The number of hydrogen-bond donors (Lipinski definition) is 1. The van der Waals surface area contributed by atoms with E-state index in [2.05, 4.69) is 4.98 Å². The van der Waals surface area contributed by atoms with Gasteiger partial charge in [0, 0.05) is 31.3 Å². The maximum atomic E-state index is 14.2. The molecule has 1 saturated carbocycles. The molecule has 1 aromatic carbocycles. The Hall–Kier alpha value is -2.41. The summed E-state index contributed by atoms with van der Waals surface area (Å²) in [6.45, 7) is 2.42. The van der Waals surface area contributed by atoms with Crippen LogP contribution in [0.1, 0.15) is 34.8 Å². The summed E-state index contributed by atoms with van der Waals surface area (Å²) in [5.41, 5.74) is 1.98. The number of aromatic nitrogens is 2. The topological polar surface area (TPSA) is 67.6 Å². The van der Waals surface area contributed by atoms with Gasteiger partial charge >= 0.3 is 5.97 Å². The zero-order chi connectivity index (χ0) is 16.7. The summed E-state index contributed by atoms with van der Waals surface area (Å²) in [6.07, 6.45) is 5.87. The average Bonchev–Trinajstić information content (AvgIpc) is 3.33. The molecule has 0 spiro atoms. The smallest absolute Gasteiger partial charge is 0.338 e. The second-order valence-electron chi connectivity index (χ2n) is 6.21. The Morgan fingerprint density at radius 3 is 2.67 bits per heavy atom. The van der Waals surface area contributed by atoms with Gasteiger partial charge < -0.3 is 19.3 Å². The second-order valence-corrected chi connectivity index (χ2v) is 6.21. The molecule has 0 atom stereocenters. The molecule has 2 aromatic rings. The van der Waals surface area contributed by atoms with Crippen molar-refractivity contribution in [3.8, 4) is 5.69 Å². The molecule has 6 nitrogen and oxygen atoms in total. The highest BCUT2D eigenvalue weighted by atomic mass is 19.1. The van der Waals surface area contributed by atoms with Crippen LogP contribution < -0.4 is 4.90 Å². The van der Waals surface area contributed by atoms with Gasteiger partial charge in [0.2, 0.25) is 0 Å². The molecule has 126 valence electrons. The Balaban J connectivity index is 1.80. The minimum absolute atomic E-state index is 0.330. The van der Waals surface area contributed by atoms with Crippen molar-refractivity contribution >= 4 is 11.7 Å². The van der Waals surface area contributed by atoms with E-state index in [0.717, 1.165) is 18.5 Å². The van der Waals surface area contributed by atoms with Crippen molar-refractivity contribution in [2.45, 2.75) is 18.8 Å². The number of anilines is 1. The predicted octanol–water partition coefficient (Wildman–Crippen LogP) is 2.42. The predicted molar refractivity (Wildman–Crippen MR) is 85.5 cm³/mol. The lowest BCUT2D eigenvalue weighted by Gasteiger charge is -2.30. The van der Waals surface area contributed by atoms with Gasteiger partial charge in [0.1, 0.15) is 5.82 Å². The fourth-order valence-electron chi connectivity index (χ4n) is 3.04. The van der Waals surface area contributed by atoms with Crippen molar-refractivity contribution in [1.29, 1.82) is 0 Å². The normalized spacial score (nSPS) is 18.0. The van der Waals surface area contributed by atoms with Crippen LogP contribution in [0.15, 0.2) is 24.7 Å². The Bertz CT molecular complexity index is 779. The lowest BCUT2D eigenvalue weighted by molar-refractivity contribution is 0.0692. The van der Waals surface area contributed by atoms with Crippen LogP contribution in [-0.4, -0.2) is 46.9 Å². The molecular weight excluding hydrogens is 313 g/mol. The summed E-state index contributed by atoms with van der Waals surface area (Å²) in [7, 11) is 0. The number of carbonyl (C=O) groups is 1. The van der Waals surface area contributed by atoms with E-state index >= 15 is 0 Å². The molecule has 7 heteroatoms. The molecule has 2 fully saturated rings. The SMILES string of the molecule is O=C(O)c1cc(-n2cnc(C3CC3)c2)c(N2CCOCC2)cc1F. The van der Waals surface area contributed by atoms with E-state index in [1.807, 2.05) is 11.1 Å². The fourth-order valence-corrected chi connectivity index (χ4v) is 3.04. The molecule has 24 heavy (non-hydrogen) atoms. The average molecular weight is 331 g/mol. The number of morpholine rings is 1. The number of nitrogens with zero attached hydrogens (tertiary/aromatic N) is 3. The molecule has 2 heterocycles. The van der Waals surface area contributed by atoms with Crippen LogP contribution in [-0.2, 0) is 4.74 Å². The lowest BCUT2D eigenvalue weighted by atomic mass is 10.1. The first-order valence-electron chi connectivity index (χ1n) is 8.07. The number of halogens is 1. The van der Waals surface area contributed by atoms with Gasteiger partial charge in [0.15, 0.2) is 0 Å². The van der Waals surface area contributed by atoms with E-state index in [9.17, 15) is 14.3 Å². The Morgan fingerprint density at radius 2 is 2.00 bits per heavy atom. The number of hydrogen-bond acceptors (Lipinski definition) is 4. The summed E-state index contributed by atoms with van der Waals surface area (Å²) >= 11 is 0. The Kier molecular flexibility index (Phi) is 3.72. The van der Waals surface area contributed by atoms with Crippen LogP contribution in [0, 0.1) is 5.82 Å². The number of carboxylic acids is 1. The van der Waals surface area contributed by atoms with Crippen molar-refractivity contribution in [2.75, 3.05) is 31.2 Å². The number of aromatic carboxylic acids is 1. The maximum absolute atomic E-state index is 14.2. The highest BCUT2D eigenvalue weighted by Crippen LogP contribution is 2.39. The van der Waals surface area contributed by atoms with Gasteiger partial charge in [-0.25, -0.2) is 14.2 Å². The molecule has 1 aliphatic heterocycles. The third-order valence-corrected chi connectivity index (χ3v) is 4.52. The first-order valence-corrected chi connectivity index (χ1v) is 8.07. The van der Waals surface area contributed by atoms with Crippen LogP contribution in [0.25, 0.3) is 5.69 Å². The summed E-state index contributed by atoms with van der Waals surface area (Å²) in [5, 5.41) is 9.24. The van der Waals surface area contributed by atoms with Gasteiger partial charge in [-0.2, -0.15) is 0 Å². The molecule has 0 radical (unpaired) electrons. The van der Waals surface area contributed by atoms with Crippen LogP contribution in [0.4, 0.5) is 10.1 Å². The standard InChI is InChI=1S/C17H18FN3O3/c18-13-8-16(20-3-5-24-6-4-20)15(7-12(13)17(22)23)21-9-14(19-10-21)11-1-2-11/h7-11H,1-6H2,(H,22,23). The number of carboxylic acid groups (broad SMARTS) is 1. The number of ether oxygens (including phenoxy) is 1. The van der Waals surface area contributed by atoms with Crippen LogP contribution in [0.5, 0.6) is 0 Å². The molecule has 2 aliphatic rings. The van der Waals surface area contributed by atoms with Gasteiger partial charge in [-0.1, -0.05) is 0 Å². The molecule has 4 rings (SSSR count). The van der Waals surface area contributed by atoms with E-state index in [-0.39, 0.29) is 5.56 Å². The van der Waals surface area contributed by atoms with E-state index in [1.54, 1.807) is 10.9 Å². The molecule has 1 N–H and O–H groups in total. The maximum Gasteiger partial charge on any atom is 0.338 e. The summed E-state index contributed by atoms with van der Waals surface area (Å²) in [6, 6.07) is 2.70. The van der Waals surface area contributed by atoms with E-state index in [0.29, 0.717) is 43.6 Å². The zero-order valence-corrected chi connectivity index (χ0v) is 13.1. The van der Waals surface area contributed by atoms with E-state index in [4.69, 9.17) is 4.74 Å². The minimum Gasteiger partial charge on any atom is -0.478 e. The quantitative estimate of drug-likeness (QED) is 0.932. The van der Waals surface area contributed by atoms with Crippen molar-refractivity contribution in [2.24, 2.45) is 0 Å². The molecule has 0 bridgehead atoms. The van der Waals surface area contributed by atoms with Gasteiger partial charge in [0.05, 0.1) is 42.2 Å². The summed E-state index contributed by atoms with van der Waals surface area (Å²) in [4.78, 5) is 17.8. The first-order chi connectivity index (χ1) is 11.6. The summed E-state index contributed by atoms with van der Waals surface area (Å²) in [5.74, 6) is -1.50. The largest absolute Gasteiger partial charge is 0.478 e. The molecule has 0 unspecified atom stereocenters. The number of rotatable bonds is 4. The zero-order valence-electron chi connectivity index (χ0n) is 13.1. The molecule has 1 aromatic heterocycles. The van der Waals surface area contributed by atoms with E-state index < -0.39 is 11.8 Å². The second kappa shape index (κ2) is 5.90. The number of imidazole rings is 1. The highest BCUT2D eigenvalue weighted by molar-refractivity contribution is 5.90. The van der Waals surface area contributed by atoms with Gasteiger partial charge in [0.25, 0.3) is 0 Å². The van der Waals surface area contributed by atoms with Crippen molar-refractivity contribution in [1.82, 2.24) is 9.55 Å². The first kappa shape index (κ1) is 15.1. The van der Waals surface area contributed by atoms with Crippen molar-refractivity contribution in [3.63, 3.8) is 0 Å². The van der Waals surface area contributed by atoms with Crippen molar-refractivity contribution < 1.29 is 19.0 Å². The van der Waals surface area contributed by atoms with Crippen LogP contribution in [0.3, 0.4) is 0 Å².